The molecule has 2 saturated carbocycles. The van der Waals surface area contributed by atoms with E-state index in [2.05, 4.69) is 5.92 Å². The molecule has 1 N–H and O–H groups in total. The van der Waals surface area contributed by atoms with E-state index in [1.54, 1.807) is 4.90 Å². The molecule has 0 saturated heterocycles. The zero-order valence-electron chi connectivity index (χ0n) is 11.2. The minimum Gasteiger partial charge on any atom is -0.481 e. The molecule has 0 aromatic rings. The maximum atomic E-state index is 12.5. The first kappa shape index (κ1) is 13.9. The smallest absolute Gasteiger partial charge is 0.307 e. The van der Waals surface area contributed by atoms with Crippen LogP contribution in [0.1, 0.15) is 38.5 Å². The van der Waals surface area contributed by atoms with E-state index in [1.807, 2.05) is 0 Å². The molecule has 0 radical (unpaired) electrons. The summed E-state index contributed by atoms with van der Waals surface area (Å²) >= 11 is 0. The Hall–Kier alpha value is -1.50. The number of terminal acetylenes is 1. The van der Waals surface area contributed by atoms with Crippen LogP contribution in [0.5, 0.6) is 0 Å². The quantitative estimate of drug-likeness (QED) is 0.769. The molecule has 0 aromatic heterocycles. The van der Waals surface area contributed by atoms with E-state index >= 15 is 0 Å². The summed E-state index contributed by atoms with van der Waals surface area (Å²) in [6.45, 7) is 1.00. The highest BCUT2D eigenvalue weighted by atomic mass is 16.4. The first-order valence-corrected chi connectivity index (χ1v) is 7.08. The van der Waals surface area contributed by atoms with Crippen LogP contribution in [0.4, 0.5) is 0 Å². The van der Waals surface area contributed by atoms with E-state index in [4.69, 9.17) is 6.42 Å². The lowest BCUT2D eigenvalue weighted by Gasteiger charge is -2.32. The molecule has 2 atom stereocenters. The van der Waals surface area contributed by atoms with Crippen molar-refractivity contribution in [3.8, 4) is 12.3 Å². The van der Waals surface area contributed by atoms with E-state index in [9.17, 15) is 14.7 Å². The van der Waals surface area contributed by atoms with Crippen LogP contribution in [0.2, 0.25) is 0 Å². The Morgan fingerprint density at radius 1 is 1.16 bits per heavy atom. The third-order valence-corrected chi connectivity index (χ3v) is 4.17. The summed E-state index contributed by atoms with van der Waals surface area (Å²) in [6.07, 6.45) is 10.8. The highest BCUT2D eigenvalue weighted by molar-refractivity contribution is 5.85. The maximum Gasteiger partial charge on any atom is 0.307 e. The van der Waals surface area contributed by atoms with E-state index in [-0.39, 0.29) is 11.8 Å². The summed E-state index contributed by atoms with van der Waals surface area (Å²) in [5.41, 5.74) is 0. The molecule has 0 aromatic carbocycles. The van der Waals surface area contributed by atoms with E-state index in [0.29, 0.717) is 31.8 Å². The van der Waals surface area contributed by atoms with Crippen molar-refractivity contribution in [1.29, 1.82) is 0 Å². The number of carbonyl (C=O) groups excluding carboxylic acids is 1. The van der Waals surface area contributed by atoms with Gasteiger partial charge in [0, 0.05) is 6.54 Å². The van der Waals surface area contributed by atoms with Gasteiger partial charge < -0.3 is 10.0 Å². The molecule has 4 nitrogen and oxygen atoms in total. The first-order valence-electron chi connectivity index (χ1n) is 7.08. The van der Waals surface area contributed by atoms with Crippen molar-refractivity contribution in [1.82, 2.24) is 4.90 Å². The Labute approximate surface area is 114 Å². The fraction of sp³-hybridized carbons (Fsp3) is 0.733. The summed E-state index contributed by atoms with van der Waals surface area (Å²) in [7, 11) is 0. The minimum atomic E-state index is -0.842. The fourth-order valence-electron chi connectivity index (χ4n) is 2.91. The zero-order valence-corrected chi connectivity index (χ0v) is 11.2. The average molecular weight is 263 g/mol. The molecular weight excluding hydrogens is 242 g/mol. The molecule has 2 fully saturated rings. The lowest BCUT2D eigenvalue weighted by atomic mass is 9.78. The van der Waals surface area contributed by atoms with Gasteiger partial charge in [-0.25, -0.2) is 0 Å². The molecule has 19 heavy (non-hydrogen) atoms. The number of hydrogen-bond donors (Lipinski definition) is 1. The predicted octanol–water partition coefficient (Wildman–Crippen LogP) is 1.75. The Balaban J connectivity index is 2.04. The minimum absolute atomic E-state index is 0.0445. The van der Waals surface area contributed by atoms with Gasteiger partial charge in [0.05, 0.1) is 18.4 Å². The van der Waals surface area contributed by atoms with Crippen molar-refractivity contribution < 1.29 is 14.7 Å². The number of carbonyl (C=O) groups is 2. The van der Waals surface area contributed by atoms with Crippen molar-refractivity contribution in [3.05, 3.63) is 0 Å². The zero-order chi connectivity index (χ0) is 13.8. The normalized spacial score (nSPS) is 26.5. The van der Waals surface area contributed by atoms with Gasteiger partial charge >= 0.3 is 5.97 Å². The standard InChI is InChI=1S/C15H21NO3/c1-2-9-16(10-11-7-8-11)14(17)12-5-3-4-6-13(12)15(18)19/h1,11-13H,3-10H2,(H,18,19). The van der Waals surface area contributed by atoms with E-state index in [0.717, 1.165) is 25.7 Å². The molecule has 2 unspecified atom stereocenters. The molecule has 0 heterocycles. The lowest BCUT2D eigenvalue weighted by Crippen LogP contribution is -2.43. The molecule has 104 valence electrons. The highest BCUT2D eigenvalue weighted by Gasteiger charge is 2.38. The highest BCUT2D eigenvalue weighted by Crippen LogP contribution is 2.34. The van der Waals surface area contributed by atoms with Gasteiger partial charge in [0.1, 0.15) is 0 Å². The van der Waals surface area contributed by atoms with Crippen LogP contribution in [-0.2, 0) is 9.59 Å². The Kier molecular flexibility index (Phi) is 4.47. The maximum absolute atomic E-state index is 12.5. The van der Waals surface area contributed by atoms with Crippen LogP contribution in [0.3, 0.4) is 0 Å². The van der Waals surface area contributed by atoms with Crippen LogP contribution in [-0.4, -0.2) is 35.0 Å². The van der Waals surface area contributed by atoms with Crippen molar-refractivity contribution in [2.75, 3.05) is 13.1 Å². The Bertz CT molecular complexity index is 395. The van der Waals surface area contributed by atoms with Gasteiger partial charge in [-0.1, -0.05) is 18.8 Å². The van der Waals surface area contributed by atoms with Crippen molar-refractivity contribution in [2.24, 2.45) is 17.8 Å². The average Bonchev–Trinajstić information content (AvgIpc) is 3.21. The van der Waals surface area contributed by atoms with Crippen molar-refractivity contribution in [2.45, 2.75) is 38.5 Å². The largest absolute Gasteiger partial charge is 0.481 e. The number of amides is 1. The fourth-order valence-corrected chi connectivity index (χ4v) is 2.91. The monoisotopic (exact) mass is 263 g/mol. The molecule has 4 heteroatoms. The molecule has 2 aliphatic carbocycles. The third kappa shape index (κ3) is 3.50. The van der Waals surface area contributed by atoms with Gasteiger partial charge in [0.25, 0.3) is 0 Å². The summed E-state index contributed by atoms with van der Waals surface area (Å²) in [6, 6.07) is 0. The first-order chi connectivity index (χ1) is 9.13. The number of rotatable bonds is 5. The van der Waals surface area contributed by atoms with Gasteiger partial charge in [0.2, 0.25) is 5.91 Å². The summed E-state index contributed by atoms with van der Waals surface area (Å²) < 4.78 is 0. The summed E-state index contributed by atoms with van der Waals surface area (Å²) in [5.74, 6) is 1.31. The van der Waals surface area contributed by atoms with Gasteiger partial charge in [-0.05, 0) is 31.6 Å². The molecule has 2 aliphatic rings. The lowest BCUT2D eigenvalue weighted by molar-refractivity contribution is -0.152. The van der Waals surface area contributed by atoms with Gasteiger partial charge in [0.15, 0.2) is 0 Å². The molecule has 1 amide bonds. The second-order valence-electron chi connectivity index (χ2n) is 5.70. The third-order valence-electron chi connectivity index (χ3n) is 4.17. The second-order valence-corrected chi connectivity index (χ2v) is 5.70. The summed E-state index contributed by atoms with van der Waals surface area (Å²) in [5, 5.41) is 9.25. The number of carboxylic acid groups (broad SMARTS) is 1. The number of nitrogens with zero attached hydrogens (tertiary/aromatic N) is 1. The van der Waals surface area contributed by atoms with Crippen molar-refractivity contribution in [3.63, 3.8) is 0 Å². The molecule has 0 bridgehead atoms. The molecular formula is C15H21NO3. The Morgan fingerprint density at radius 2 is 1.79 bits per heavy atom. The van der Waals surface area contributed by atoms with Gasteiger partial charge in [-0.15, -0.1) is 6.42 Å². The SMILES string of the molecule is C#CCN(CC1CC1)C(=O)C1CCCCC1C(=O)O. The predicted molar refractivity (Wildman–Crippen MR) is 71.2 cm³/mol. The molecule has 0 spiro atoms. The number of aliphatic carboxylic acids is 1. The molecule has 0 aliphatic heterocycles. The second kappa shape index (κ2) is 6.10. The number of hydrogen-bond acceptors (Lipinski definition) is 2. The van der Waals surface area contributed by atoms with Crippen LogP contribution < -0.4 is 0 Å². The van der Waals surface area contributed by atoms with Crippen LogP contribution >= 0.6 is 0 Å². The van der Waals surface area contributed by atoms with Gasteiger partial charge in [-0.2, -0.15) is 0 Å². The number of carboxylic acids is 1. The van der Waals surface area contributed by atoms with Crippen molar-refractivity contribution >= 4 is 11.9 Å². The van der Waals surface area contributed by atoms with E-state index in [1.165, 1.54) is 0 Å². The van der Waals surface area contributed by atoms with Gasteiger partial charge in [-0.3, -0.25) is 9.59 Å². The summed E-state index contributed by atoms with van der Waals surface area (Å²) in [4.78, 5) is 25.5. The van der Waals surface area contributed by atoms with Crippen LogP contribution in [0, 0.1) is 30.1 Å². The van der Waals surface area contributed by atoms with E-state index < -0.39 is 11.9 Å². The Morgan fingerprint density at radius 3 is 2.32 bits per heavy atom. The van der Waals surface area contributed by atoms with Crippen LogP contribution in [0.25, 0.3) is 0 Å². The van der Waals surface area contributed by atoms with Crippen LogP contribution in [0.15, 0.2) is 0 Å². The molecule has 2 rings (SSSR count). The topological polar surface area (TPSA) is 57.6 Å².